The van der Waals surface area contributed by atoms with E-state index < -0.39 is 11.6 Å². The highest BCUT2D eigenvalue weighted by Crippen LogP contribution is 2.29. The number of nitrogens with zero attached hydrogens (tertiary/aromatic N) is 3. The Hall–Kier alpha value is -2.18. The third-order valence-electron chi connectivity index (χ3n) is 3.18. The van der Waals surface area contributed by atoms with E-state index in [1.165, 1.54) is 6.07 Å². The summed E-state index contributed by atoms with van der Waals surface area (Å²) >= 11 is 0. The van der Waals surface area contributed by atoms with E-state index in [4.69, 9.17) is 0 Å². The third-order valence-corrected chi connectivity index (χ3v) is 3.18. The fourth-order valence-corrected chi connectivity index (χ4v) is 2.24. The third kappa shape index (κ3) is 2.00. The number of anilines is 2. The minimum absolute atomic E-state index is 0.138. The predicted molar refractivity (Wildman–Crippen MR) is 67.2 cm³/mol. The molecule has 0 aliphatic carbocycles. The second-order valence-corrected chi connectivity index (χ2v) is 4.36. The first-order chi connectivity index (χ1) is 9.19. The van der Waals surface area contributed by atoms with Gasteiger partial charge in [-0.1, -0.05) is 6.07 Å². The van der Waals surface area contributed by atoms with Crippen LogP contribution in [0, 0.1) is 11.6 Å². The molecule has 0 saturated heterocycles. The molecule has 100 valence electrons. The van der Waals surface area contributed by atoms with E-state index >= 15 is 0 Å². The van der Waals surface area contributed by atoms with E-state index in [0.29, 0.717) is 24.0 Å². The Morgan fingerprint density at radius 3 is 2.95 bits per heavy atom. The van der Waals surface area contributed by atoms with Crippen LogP contribution in [0.4, 0.5) is 20.7 Å². The summed E-state index contributed by atoms with van der Waals surface area (Å²) in [6, 6.07) is 3.80. The van der Waals surface area contributed by atoms with Crippen LogP contribution >= 0.6 is 0 Å². The minimum atomic E-state index is -0.841. The highest BCUT2D eigenvalue weighted by atomic mass is 19.2. The number of hydrogen-bond acceptors (Lipinski definition) is 4. The highest BCUT2D eigenvalue weighted by molar-refractivity contribution is 5.39. The van der Waals surface area contributed by atoms with Crippen molar-refractivity contribution in [1.82, 2.24) is 14.8 Å². The minimum Gasteiger partial charge on any atom is -0.356 e. The van der Waals surface area contributed by atoms with Gasteiger partial charge in [-0.15, -0.1) is 5.10 Å². The first-order valence-corrected chi connectivity index (χ1v) is 6.02. The standard InChI is InChI=1S/C12H13F2N5/c1-15-11-17-12-16-5-4-10(19(12)18-11)7-2-3-8(13)9(14)6-7/h2-3,6,10H,4-5H2,1H3,(H2,15,16,17,18). The largest absolute Gasteiger partial charge is 0.356 e. The van der Waals surface area contributed by atoms with Crippen molar-refractivity contribution in [1.29, 1.82) is 0 Å². The second-order valence-electron chi connectivity index (χ2n) is 4.36. The molecule has 0 bridgehead atoms. The average molecular weight is 265 g/mol. The van der Waals surface area contributed by atoms with Gasteiger partial charge in [-0.05, 0) is 24.1 Å². The van der Waals surface area contributed by atoms with E-state index in [1.807, 2.05) is 0 Å². The lowest BCUT2D eigenvalue weighted by atomic mass is 10.0. The van der Waals surface area contributed by atoms with Crippen molar-refractivity contribution < 1.29 is 8.78 Å². The molecule has 1 aliphatic rings. The fourth-order valence-electron chi connectivity index (χ4n) is 2.24. The fraction of sp³-hybridized carbons (Fsp3) is 0.333. The van der Waals surface area contributed by atoms with E-state index in [0.717, 1.165) is 12.5 Å². The number of hydrogen-bond donors (Lipinski definition) is 2. The first-order valence-electron chi connectivity index (χ1n) is 6.02. The van der Waals surface area contributed by atoms with Gasteiger partial charge in [0.05, 0.1) is 6.04 Å². The maximum Gasteiger partial charge on any atom is 0.243 e. The molecule has 1 aliphatic heterocycles. The summed E-state index contributed by atoms with van der Waals surface area (Å²) in [6.07, 6.45) is 0.741. The molecule has 2 N–H and O–H groups in total. The number of benzene rings is 1. The van der Waals surface area contributed by atoms with Crippen LogP contribution in [-0.2, 0) is 0 Å². The van der Waals surface area contributed by atoms with E-state index in [-0.39, 0.29) is 6.04 Å². The molecular formula is C12H13F2N5. The Labute approximate surface area is 108 Å². The molecule has 1 aromatic carbocycles. The van der Waals surface area contributed by atoms with Crippen molar-refractivity contribution in [3.63, 3.8) is 0 Å². The van der Waals surface area contributed by atoms with Gasteiger partial charge in [0.25, 0.3) is 0 Å². The van der Waals surface area contributed by atoms with Crippen LogP contribution in [0.2, 0.25) is 0 Å². The Bertz CT molecular complexity index is 610. The number of rotatable bonds is 2. The SMILES string of the molecule is CNc1nc2n(n1)C(c1ccc(F)c(F)c1)CCN2. The van der Waals surface area contributed by atoms with Crippen molar-refractivity contribution in [2.24, 2.45) is 0 Å². The van der Waals surface area contributed by atoms with Crippen LogP contribution in [0.25, 0.3) is 0 Å². The lowest BCUT2D eigenvalue weighted by Crippen LogP contribution is -2.24. The summed E-state index contributed by atoms with van der Waals surface area (Å²) in [5, 5.41) is 10.3. The Morgan fingerprint density at radius 2 is 2.21 bits per heavy atom. The topological polar surface area (TPSA) is 54.8 Å². The zero-order valence-electron chi connectivity index (χ0n) is 10.3. The van der Waals surface area contributed by atoms with Crippen LogP contribution < -0.4 is 10.6 Å². The maximum atomic E-state index is 13.3. The van der Waals surface area contributed by atoms with Gasteiger partial charge in [0, 0.05) is 13.6 Å². The molecule has 0 spiro atoms. The quantitative estimate of drug-likeness (QED) is 0.872. The molecule has 0 fully saturated rings. The van der Waals surface area contributed by atoms with Gasteiger partial charge in [0.2, 0.25) is 11.9 Å². The van der Waals surface area contributed by atoms with Crippen molar-refractivity contribution in [3.8, 4) is 0 Å². The monoisotopic (exact) mass is 265 g/mol. The van der Waals surface area contributed by atoms with Gasteiger partial charge in [0.15, 0.2) is 11.6 Å². The summed E-state index contributed by atoms with van der Waals surface area (Å²) in [5.74, 6) is -0.554. The van der Waals surface area contributed by atoms with Crippen molar-refractivity contribution >= 4 is 11.9 Å². The lowest BCUT2D eigenvalue weighted by Gasteiger charge is -2.24. The van der Waals surface area contributed by atoms with E-state index in [2.05, 4.69) is 20.7 Å². The Kier molecular flexibility index (Phi) is 2.81. The molecule has 1 atom stereocenters. The van der Waals surface area contributed by atoms with E-state index in [1.54, 1.807) is 17.8 Å². The summed E-state index contributed by atoms with van der Waals surface area (Å²) in [7, 11) is 1.73. The van der Waals surface area contributed by atoms with Crippen LogP contribution in [0.1, 0.15) is 18.0 Å². The van der Waals surface area contributed by atoms with Crippen molar-refractivity contribution in [3.05, 3.63) is 35.4 Å². The first kappa shape index (κ1) is 11.9. The molecule has 1 unspecified atom stereocenters. The van der Waals surface area contributed by atoms with Crippen LogP contribution in [0.5, 0.6) is 0 Å². The molecular weight excluding hydrogens is 252 g/mol. The average Bonchev–Trinajstić information content (AvgIpc) is 2.85. The van der Waals surface area contributed by atoms with Gasteiger partial charge >= 0.3 is 0 Å². The summed E-state index contributed by atoms with van der Waals surface area (Å²) < 4.78 is 28.0. The molecule has 1 aromatic heterocycles. The summed E-state index contributed by atoms with van der Waals surface area (Å²) in [4.78, 5) is 4.25. The molecule has 2 heterocycles. The normalized spacial score (nSPS) is 17.7. The molecule has 3 rings (SSSR count). The molecule has 5 nitrogen and oxygen atoms in total. The molecule has 0 radical (unpaired) electrons. The molecule has 0 amide bonds. The van der Waals surface area contributed by atoms with Crippen LogP contribution in [0.3, 0.4) is 0 Å². The summed E-state index contributed by atoms with van der Waals surface area (Å²) in [6.45, 7) is 0.714. The molecule has 2 aromatic rings. The van der Waals surface area contributed by atoms with Crippen LogP contribution in [-0.4, -0.2) is 28.4 Å². The zero-order valence-corrected chi connectivity index (χ0v) is 10.3. The second kappa shape index (κ2) is 4.49. The lowest BCUT2D eigenvalue weighted by molar-refractivity contribution is 0.468. The zero-order chi connectivity index (χ0) is 13.4. The number of fused-ring (bicyclic) bond motifs is 1. The van der Waals surface area contributed by atoms with Crippen molar-refractivity contribution in [2.75, 3.05) is 24.2 Å². The smallest absolute Gasteiger partial charge is 0.243 e. The Morgan fingerprint density at radius 1 is 1.37 bits per heavy atom. The van der Waals surface area contributed by atoms with Gasteiger partial charge in [-0.2, -0.15) is 4.98 Å². The van der Waals surface area contributed by atoms with Gasteiger partial charge < -0.3 is 10.6 Å². The molecule has 19 heavy (non-hydrogen) atoms. The Balaban J connectivity index is 2.02. The molecule has 0 saturated carbocycles. The van der Waals surface area contributed by atoms with E-state index in [9.17, 15) is 8.78 Å². The predicted octanol–water partition coefficient (Wildman–Crippen LogP) is 2.00. The van der Waals surface area contributed by atoms with Crippen molar-refractivity contribution in [2.45, 2.75) is 12.5 Å². The van der Waals surface area contributed by atoms with Crippen LogP contribution in [0.15, 0.2) is 18.2 Å². The molecule has 7 heteroatoms. The maximum absolute atomic E-state index is 13.3. The van der Waals surface area contributed by atoms with Gasteiger partial charge in [0.1, 0.15) is 0 Å². The highest BCUT2D eigenvalue weighted by Gasteiger charge is 2.24. The number of halogens is 2. The van der Waals surface area contributed by atoms with Gasteiger partial charge in [-0.3, -0.25) is 0 Å². The van der Waals surface area contributed by atoms with Gasteiger partial charge in [-0.25, -0.2) is 13.5 Å². The summed E-state index contributed by atoms with van der Waals surface area (Å²) in [5.41, 5.74) is 0.689. The number of nitrogens with one attached hydrogen (secondary N) is 2. The number of aromatic nitrogens is 3.